The van der Waals surface area contributed by atoms with E-state index in [2.05, 4.69) is 53.7 Å². The number of hydrogen-bond donors (Lipinski definition) is 0. The lowest BCUT2D eigenvalue weighted by Gasteiger charge is -2.30. The lowest BCUT2D eigenvalue weighted by Crippen LogP contribution is -2.18. The molecule has 0 atom stereocenters. The van der Waals surface area contributed by atoms with Crippen molar-refractivity contribution in [2.45, 2.75) is 67.2 Å². The predicted molar refractivity (Wildman–Crippen MR) is 91.7 cm³/mol. The predicted octanol–water partition coefficient (Wildman–Crippen LogP) is 4.89. The zero-order valence-corrected chi connectivity index (χ0v) is 15.2. The highest BCUT2D eigenvalue weighted by molar-refractivity contribution is 6.13. The minimum atomic E-state index is -0.457. The fourth-order valence-electron chi connectivity index (χ4n) is 2.96. The van der Waals surface area contributed by atoms with Crippen LogP contribution in [-0.4, -0.2) is 11.9 Å². The molecule has 0 N–H and O–H groups in total. The zero-order chi connectivity index (χ0) is 17.4. The highest BCUT2D eigenvalue weighted by Gasteiger charge is 2.37. The van der Waals surface area contributed by atoms with Crippen molar-refractivity contribution >= 4 is 11.9 Å². The Hall–Kier alpha value is -1.64. The van der Waals surface area contributed by atoms with E-state index in [1.165, 1.54) is 11.1 Å². The van der Waals surface area contributed by atoms with Crippen molar-refractivity contribution in [3.63, 3.8) is 0 Å². The van der Waals surface area contributed by atoms with Gasteiger partial charge in [0.15, 0.2) is 0 Å². The van der Waals surface area contributed by atoms with Crippen molar-refractivity contribution in [1.82, 2.24) is 0 Å². The second-order valence-corrected chi connectivity index (χ2v) is 8.30. The van der Waals surface area contributed by atoms with E-state index in [0.29, 0.717) is 24.0 Å². The topological polar surface area (TPSA) is 43.4 Å². The monoisotopic (exact) mass is 316 g/mol. The average Bonchev–Trinajstić information content (AvgIpc) is 2.72. The maximum atomic E-state index is 11.8. The molecule has 0 fully saturated rings. The molecule has 0 aromatic carbocycles. The Morgan fingerprint density at radius 1 is 1.13 bits per heavy atom. The maximum absolute atomic E-state index is 11.8. The molecular formula is C20H28O3. The number of allylic oxidation sites excluding steroid dienone is 4. The van der Waals surface area contributed by atoms with Crippen LogP contribution in [0.15, 0.2) is 34.4 Å². The van der Waals surface area contributed by atoms with Crippen LogP contribution in [0.4, 0.5) is 0 Å². The fourth-order valence-corrected chi connectivity index (χ4v) is 2.96. The Morgan fingerprint density at radius 3 is 2.35 bits per heavy atom. The van der Waals surface area contributed by atoms with Gasteiger partial charge in [-0.05, 0) is 37.0 Å². The normalized spacial score (nSPS) is 19.7. The quantitative estimate of drug-likeness (QED) is 0.421. The summed E-state index contributed by atoms with van der Waals surface area (Å²) in [6.45, 7) is 13.3. The molecule has 0 amide bonds. The summed E-state index contributed by atoms with van der Waals surface area (Å²) in [7, 11) is 0. The van der Waals surface area contributed by atoms with Gasteiger partial charge in [0.25, 0.3) is 0 Å². The third-order valence-corrected chi connectivity index (χ3v) is 5.23. The SMILES string of the molecule is C/C(=C\CCC(C)(C)C1=CCC2=C(C1)C(=O)OC2=O)C(C)(C)C. The third kappa shape index (κ3) is 3.82. The van der Waals surface area contributed by atoms with Crippen molar-refractivity contribution < 1.29 is 14.3 Å². The van der Waals surface area contributed by atoms with Gasteiger partial charge in [0, 0.05) is 6.42 Å². The van der Waals surface area contributed by atoms with Gasteiger partial charge in [0.2, 0.25) is 0 Å². The van der Waals surface area contributed by atoms with Gasteiger partial charge in [0.1, 0.15) is 0 Å². The summed E-state index contributed by atoms with van der Waals surface area (Å²) in [4.78, 5) is 23.3. The van der Waals surface area contributed by atoms with Crippen LogP contribution in [0.5, 0.6) is 0 Å². The summed E-state index contributed by atoms with van der Waals surface area (Å²) >= 11 is 0. The minimum absolute atomic E-state index is 0.0130. The number of rotatable bonds is 4. The number of hydrogen-bond acceptors (Lipinski definition) is 3. The molecule has 0 aromatic rings. The smallest absolute Gasteiger partial charge is 0.342 e. The maximum Gasteiger partial charge on any atom is 0.342 e. The number of cyclic esters (lactones) is 2. The summed E-state index contributed by atoms with van der Waals surface area (Å²) in [6.07, 6.45) is 7.55. The summed E-state index contributed by atoms with van der Waals surface area (Å²) in [5.74, 6) is -0.906. The second kappa shape index (κ2) is 6.10. The summed E-state index contributed by atoms with van der Waals surface area (Å²) in [5.41, 5.74) is 3.99. The first-order valence-electron chi connectivity index (χ1n) is 8.37. The molecule has 3 heteroatoms. The molecule has 0 saturated heterocycles. The highest BCUT2D eigenvalue weighted by Crippen LogP contribution is 2.42. The number of esters is 2. The number of ether oxygens (including phenoxy) is 1. The lowest BCUT2D eigenvalue weighted by atomic mass is 9.74. The molecule has 2 aliphatic rings. The molecule has 0 unspecified atom stereocenters. The lowest BCUT2D eigenvalue weighted by molar-refractivity contribution is -0.151. The van der Waals surface area contributed by atoms with Gasteiger partial charge in [0.05, 0.1) is 11.1 Å². The third-order valence-electron chi connectivity index (χ3n) is 5.23. The standard InChI is InChI=1S/C20H28O3/c1-13(19(2,3)4)8-7-11-20(5,6)14-9-10-15-16(12-14)18(22)23-17(15)21/h8-9H,7,10-12H2,1-6H3/b13-8+. The van der Waals surface area contributed by atoms with Crippen LogP contribution in [-0.2, 0) is 14.3 Å². The molecule has 0 saturated carbocycles. The van der Waals surface area contributed by atoms with E-state index in [1.807, 2.05) is 0 Å². The van der Waals surface area contributed by atoms with Crippen LogP contribution < -0.4 is 0 Å². The Balaban J connectivity index is 2.03. The van der Waals surface area contributed by atoms with E-state index in [0.717, 1.165) is 12.8 Å². The summed E-state index contributed by atoms with van der Waals surface area (Å²) < 4.78 is 4.72. The van der Waals surface area contributed by atoms with Gasteiger partial charge in [-0.3, -0.25) is 0 Å². The number of carbonyl (C=O) groups is 2. The molecule has 2 rings (SSSR count). The van der Waals surface area contributed by atoms with Crippen LogP contribution in [0.3, 0.4) is 0 Å². The average molecular weight is 316 g/mol. The van der Waals surface area contributed by atoms with Gasteiger partial charge < -0.3 is 4.74 Å². The van der Waals surface area contributed by atoms with Gasteiger partial charge in [-0.2, -0.15) is 0 Å². The zero-order valence-electron chi connectivity index (χ0n) is 15.2. The fraction of sp³-hybridized carbons (Fsp3) is 0.600. The molecule has 0 radical (unpaired) electrons. The molecule has 0 bridgehead atoms. The summed E-state index contributed by atoms with van der Waals surface area (Å²) in [6, 6.07) is 0. The van der Waals surface area contributed by atoms with Gasteiger partial charge in [-0.15, -0.1) is 0 Å². The van der Waals surface area contributed by atoms with Crippen LogP contribution in [0.1, 0.15) is 67.2 Å². The van der Waals surface area contributed by atoms with Crippen molar-refractivity contribution in [3.05, 3.63) is 34.4 Å². The molecule has 1 aliphatic carbocycles. The van der Waals surface area contributed by atoms with Crippen molar-refractivity contribution in [2.24, 2.45) is 10.8 Å². The van der Waals surface area contributed by atoms with E-state index in [1.54, 1.807) is 0 Å². The molecule has 0 spiro atoms. The van der Waals surface area contributed by atoms with Gasteiger partial charge >= 0.3 is 11.9 Å². The van der Waals surface area contributed by atoms with Gasteiger partial charge in [-0.1, -0.05) is 57.9 Å². The number of carbonyl (C=O) groups excluding carboxylic acids is 2. The van der Waals surface area contributed by atoms with E-state index in [4.69, 9.17) is 4.74 Å². The van der Waals surface area contributed by atoms with Crippen LogP contribution >= 0.6 is 0 Å². The Morgan fingerprint density at radius 2 is 1.74 bits per heavy atom. The van der Waals surface area contributed by atoms with Crippen molar-refractivity contribution in [3.8, 4) is 0 Å². The molecule has 23 heavy (non-hydrogen) atoms. The first-order valence-corrected chi connectivity index (χ1v) is 8.37. The van der Waals surface area contributed by atoms with Crippen molar-refractivity contribution in [1.29, 1.82) is 0 Å². The first-order chi connectivity index (χ1) is 10.5. The van der Waals surface area contributed by atoms with E-state index in [9.17, 15) is 9.59 Å². The minimum Gasteiger partial charge on any atom is -0.386 e. The van der Waals surface area contributed by atoms with Crippen LogP contribution in [0, 0.1) is 10.8 Å². The van der Waals surface area contributed by atoms with Crippen molar-refractivity contribution in [2.75, 3.05) is 0 Å². The molecule has 126 valence electrons. The summed E-state index contributed by atoms with van der Waals surface area (Å²) in [5, 5.41) is 0. The van der Waals surface area contributed by atoms with E-state index in [-0.39, 0.29) is 10.8 Å². The highest BCUT2D eigenvalue weighted by atomic mass is 16.6. The van der Waals surface area contributed by atoms with E-state index >= 15 is 0 Å². The Bertz CT molecular complexity index is 622. The van der Waals surface area contributed by atoms with E-state index < -0.39 is 11.9 Å². The molecule has 1 aliphatic heterocycles. The van der Waals surface area contributed by atoms with Crippen LogP contribution in [0.25, 0.3) is 0 Å². The first kappa shape index (κ1) is 17.7. The van der Waals surface area contributed by atoms with Gasteiger partial charge in [-0.25, -0.2) is 9.59 Å². The molecule has 3 nitrogen and oxygen atoms in total. The largest absolute Gasteiger partial charge is 0.386 e. The second-order valence-electron chi connectivity index (χ2n) is 8.30. The Kier molecular flexibility index (Phi) is 4.70. The molecule has 0 aromatic heterocycles. The Labute approximate surface area is 139 Å². The molecule has 1 heterocycles. The molecular weight excluding hydrogens is 288 g/mol. The van der Waals surface area contributed by atoms with Crippen LogP contribution in [0.2, 0.25) is 0 Å².